The molecule has 3 aromatic rings. The molecule has 4 rings (SSSR count). The third-order valence-corrected chi connectivity index (χ3v) is 6.81. The Kier molecular flexibility index (Phi) is 7.15. The van der Waals surface area contributed by atoms with Gasteiger partial charge in [-0.3, -0.25) is 9.59 Å². The van der Waals surface area contributed by atoms with Crippen molar-refractivity contribution in [1.82, 2.24) is 19.7 Å². The predicted molar refractivity (Wildman–Crippen MR) is 126 cm³/mol. The Morgan fingerprint density at radius 2 is 1.89 bits per heavy atom. The van der Waals surface area contributed by atoms with Gasteiger partial charge < -0.3 is 14.8 Å². The van der Waals surface area contributed by atoms with Gasteiger partial charge in [-0.15, -0.1) is 10.2 Å². The molecule has 1 aliphatic rings. The van der Waals surface area contributed by atoms with Crippen LogP contribution in [0.1, 0.15) is 46.2 Å². The number of benzene rings is 2. The monoisotopic (exact) mass is 503 g/mol. The summed E-state index contributed by atoms with van der Waals surface area (Å²) in [5, 5.41) is 11.4. The van der Waals surface area contributed by atoms with E-state index in [4.69, 9.17) is 0 Å². The van der Waals surface area contributed by atoms with Gasteiger partial charge in [0.1, 0.15) is 0 Å². The van der Waals surface area contributed by atoms with Gasteiger partial charge in [0.25, 0.3) is 5.91 Å². The highest BCUT2D eigenvalue weighted by atomic mass is 32.2. The number of aryl methyl sites for hydroxylation is 1. The number of likely N-dealkylation sites (tertiary alicyclic amines) is 1. The van der Waals surface area contributed by atoms with Crippen molar-refractivity contribution in [2.24, 2.45) is 7.05 Å². The quantitative estimate of drug-likeness (QED) is 0.487. The maximum atomic E-state index is 13.1. The van der Waals surface area contributed by atoms with Gasteiger partial charge in [-0.1, -0.05) is 35.5 Å². The smallest absolute Gasteiger partial charge is 0.328 e. The summed E-state index contributed by atoms with van der Waals surface area (Å²) in [6.45, 7) is 2.58. The van der Waals surface area contributed by atoms with Crippen molar-refractivity contribution < 1.29 is 22.8 Å². The number of hydrogen-bond acceptors (Lipinski definition) is 5. The van der Waals surface area contributed by atoms with Crippen LogP contribution in [0.5, 0.6) is 0 Å². The minimum absolute atomic E-state index is 0.0567. The molecule has 1 saturated heterocycles. The number of nitrogens with one attached hydrogen (secondary N) is 1. The summed E-state index contributed by atoms with van der Waals surface area (Å²) in [4.78, 5) is 27.2. The number of nitrogens with zero attached hydrogens (tertiary/aromatic N) is 4. The lowest BCUT2D eigenvalue weighted by Gasteiger charge is -2.24. The van der Waals surface area contributed by atoms with Crippen molar-refractivity contribution in [2.45, 2.75) is 37.1 Å². The minimum atomic E-state index is -4.49. The molecule has 1 fully saturated rings. The Morgan fingerprint density at radius 3 is 2.60 bits per heavy atom. The van der Waals surface area contributed by atoms with Crippen LogP contribution in [-0.4, -0.2) is 43.8 Å². The molecule has 0 radical (unpaired) electrons. The van der Waals surface area contributed by atoms with Crippen molar-refractivity contribution >= 4 is 29.3 Å². The molecular formula is C24H24F3N5O2S. The van der Waals surface area contributed by atoms with Gasteiger partial charge in [0.15, 0.2) is 11.0 Å². The predicted octanol–water partition coefficient (Wildman–Crippen LogP) is 4.85. The zero-order valence-corrected chi connectivity index (χ0v) is 20.0. The lowest BCUT2D eigenvalue weighted by molar-refractivity contribution is -0.137. The van der Waals surface area contributed by atoms with Crippen LogP contribution in [0, 0.1) is 6.92 Å². The third-order valence-electron chi connectivity index (χ3n) is 5.78. The van der Waals surface area contributed by atoms with Crippen LogP contribution >= 0.6 is 11.8 Å². The molecule has 1 aliphatic heterocycles. The maximum absolute atomic E-state index is 13.1. The Morgan fingerprint density at radius 1 is 1.14 bits per heavy atom. The Labute approximate surface area is 204 Å². The molecule has 11 heteroatoms. The van der Waals surface area contributed by atoms with Crippen LogP contribution in [0.2, 0.25) is 0 Å². The van der Waals surface area contributed by atoms with Crippen molar-refractivity contribution in [1.29, 1.82) is 0 Å². The molecule has 0 saturated carbocycles. The molecule has 1 unspecified atom stereocenters. The van der Waals surface area contributed by atoms with E-state index in [1.165, 1.54) is 12.1 Å². The molecule has 2 heterocycles. The number of carbonyl (C=O) groups excluding carboxylic acids is 2. The Hall–Kier alpha value is -3.34. The molecule has 2 amide bonds. The SMILES string of the molecule is Cc1ccc(C(=O)N2CCCC2c2nnc(SCC(=O)Nc3cccc(C(F)(F)F)c3)n2C)cc1. The minimum Gasteiger partial charge on any atom is -0.328 e. The normalized spacial score (nSPS) is 15.9. The highest BCUT2D eigenvalue weighted by Crippen LogP contribution is 2.34. The molecule has 184 valence electrons. The first-order valence-electron chi connectivity index (χ1n) is 11.0. The second-order valence-corrected chi connectivity index (χ2v) is 9.28. The Bertz CT molecular complexity index is 1230. The molecule has 35 heavy (non-hydrogen) atoms. The van der Waals surface area contributed by atoms with Crippen LogP contribution in [0.15, 0.2) is 53.7 Å². The van der Waals surface area contributed by atoms with Gasteiger partial charge in [-0.2, -0.15) is 13.2 Å². The largest absolute Gasteiger partial charge is 0.416 e. The van der Waals surface area contributed by atoms with E-state index in [2.05, 4.69) is 15.5 Å². The van der Waals surface area contributed by atoms with Crippen LogP contribution < -0.4 is 5.32 Å². The van der Waals surface area contributed by atoms with E-state index in [0.717, 1.165) is 42.3 Å². The molecule has 0 bridgehead atoms. The second-order valence-electron chi connectivity index (χ2n) is 8.34. The van der Waals surface area contributed by atoms with E-state index < -0.39 is 17.6 Å². The fraction of sp³-hybridized carbons (Fsp3) is 0.333. The summed E-state index contributed by atoms with van der Waals surface area (Å²) in [5.41, 5.74) is 0.930. The molecule has 1 N–H and O–H groups in total. The first-order valence-corrected chi connectivity index (χ1v) is 12.0. The van der Waals surface area contributed by atoms with Gasteiger partial charge in [0.2, 0.25) is 5.91 Å². The number of amides is 2. The van der Waals surface area contributed by atoms with E-state index in [9.17, 15) is 22.8 Å². The van der Waals surface area contributed by atoms with Gasteiger partial charge in [-0.25, -0.2) is 0 Å². The number of rotatable bonds is 6. The molecule has 1 atom stereocenters. The zero-order valence-electron chi connectivity index (χ0n) is 19.2. The van der Waals surface area contributed by atoms with Gasteiger partial charge >= 0.3 is 6.18 Å². The summed E-state index contributed by atoms with van der Waals surface area (Å²) in [6.07, 6.45) is -2.89. The molecule has 1 aromatic heterocycles. The van der Waals surface area contributed by atoms with Crippen LogP contribution in [0.4, 0.5) is 18.9 Å². The van der Waals surface area contributed by atoms with E-state index in [1.807, 2.05) is 31.2 Å². The summed E-state index contributed by atoms with van der Waals surface area (Å²) in [6, 6.07) is 11.7. The highest BCUT2D eigenvalue weighted by molar-refractivity contribution is 7.99. The van der Waals surface area contributed by atoms with E-state index >= 15 is 0 Å². The second kappa shape index (κ2) is 10.1. The first-order chi connectivity index (χ1) is 16.6. The molecule has 7 nitrogen and oxygen atoms in total. The van der Waals surface area contributed by atoms with E-state index in [-0.39, 0.29) is 23.4 Å². The van der Waals surface area contributed by atoms with Gasteiger partial charge in [0, 0.05) is 24.8 Å². The summed E-state index contributed by atoms with van der Waals surface area (Å²) in [5.74, 6) is 0.0450. The van der Waals surface area contributed by atoms with E-state index in [0.29, 0.717) is 23.1 Å². The van der Waals surface area contributed by atoms with Crippen LogP contribution in [-0.2, 0) is 18.0 Å². The number of hydrogen-bond donors (Lipinski definition) is 1. The number of anilines is 1. The average molecular weight is 504 g/mol. The highest BCUT2D eigenvalue weighted by Gasteiger charge is 2.34. The summed E-state index contributed by atoms with van der Waals surface area (Å²) >= 11 is 1.12. The zero-order chi connectivity index (χ0) is 25.2. The molecule has 2 aromatic carbocycles. The average Bonchev–Trinajstić information content (AvgIpc) is 3.44. The fourth-order valence-electron chi connectivity index (χ4n) is 3.98. The van der Waals surface area contributed by atoms with Crippen LogP contribution in [0.3, 0.4) is 0 Å². The number of halogens is 3. The molecule has 0 aliphatic carbocycles. The van der Waals surface area contributed by atoms with Crippen molar-refractivity contribution in [2.75, 3.05) is 17.6 Å². The molecule has 0 spiro atoms. The van der Waals surface area contributed by atoms with Crippen molar-refractivity contribution in [3.63, 3.8) is 0 Å². The van der Waals surface area contributed by atoms with Gasteiger partial charge in [0.05, 0.1) is 17.4 Å². The first kappa shape index (κ1) is 24.8. The van der Waals surface area contributed by atoms with E-state index in [1.54, 1.807) is 16.5 Å². The summed E-state index contributed by atoms with van der Waals surface area (Å²) in [7, 11) is 1.77. The van der Waals surface area contributed by atoms with Crippen LogP contribution in [0.25, 0.3) is 0 Å². The lowest BCUT2D eigenvalue weighted by atomic mass is 10.1. The van der Waals surface area contributed by atoms with Crippen molar-refractivity contribution in [3.8, 4) is 0 Å². The number of thioether (sulfide) groups is 1. The third kappa shape index (κ3) is 5.67. The standard InChI is InChI=1S/C24H24F3N5O2S/c1-15-8-10-16(11-9-15)22(34)32-12-4-7-19(32)21-29-30-23(31(21)2)35-14-20(33)28-18-6-3-5-17(13-18)24(25,26)27/h3,5-6,8-11,13,19H,4,7,12,14H2,1-2H3,(H,28,33). The molecular weight excluding hydrogens is 479 g/mol. The number of alkyl halides is 3. The number of carbonyl (C=O) groups is 2. The topological polar surface area (TPSA) is 80.1 Å². The summed E-state index contributed by atoms with van der Waals surface area (Å²) < 4.78 is 40.4. The van der Waals surface area contributed by atoms with Gasteiger partial charge in [-0.05, 0) is 50.1 Å². The Balaban J connectivity index is 1.40. The van der Waals surface area contributed by atoms with Crippen molar-refractivity contribution in [3.05, 3.63) is 71.0 Å². The maximum Gasteiger partial charge on any atom is 0.416 e. The fourth-order valence-corrected chi connectivity index (χ4v) is 4.70. The number of aromatic nitrogens is 3. The lowest BCUT2D eigenvalue weighted by Crippen LogP contribution is -2.31.